The van der Waals surface area contributed by atoms with Crippen molar-refractivity contribution in [3.8, 4) is 0 Å². The van der Waals surface area contributed by atoms with Crippen LogP contribution in [0.3, 0.4) is 0 Å². The fraction of sp³-hybridized carbons (Fsp3) is 0.455. The Bertz CT molecular complexity index is 282. The van der Waals surface area contributed by atoms with E-state index in [0.29, 0.717) is 5.57 Å². The van der Waals surface area contributed by atoms with Gasteiger partial charge in [0.2, 0.25) is 0 Å². The van der Waals surface area contributed by atoms with Crippen molar-refractivity contribution in [1.29, 1.82) is 0 Å². The van der Waals surface area contributed by atoms with Gasteiger partial charge in [0.1, 0.15) is 19.3 Å². The average Bonchev–Trinajstić information content (AvgIpc) is 2.28. The highest BCUT2D eigenvalue weighted by Crippen LogP contribution is 1.98. The van der Waals surface area contributed by atoms with Crippen molar-refractivity contribution in [2.45, 2.75) is 13.0 Å². The van der Waals surface area contributed by atoms with Crippen LogP contribution in [0.25, 0.3) is 0 Å². The molecule has 1 unspecified atom stereocenters. The first-order valence-electron chi connectivity index (χ1n) is 4.65. The SMILES string of the molecule is C=CC(=O)OCC(COC(=O)C(=C)C)OC. The number of ether oxygens (including phenoxy) is 3. The normalized spacial score (nSPS) is 11.4. The third-order valence-electron chi connectivity index (χ3n) is 1.66. The van der Waals surface area contributed by atoms with Crippen LogP contribution in [0, 0.1) is 0 Å². The zero-order chi connectivity index (χ0) is 12.6. The lowest BCUT2D eigenvalue weighted by Gasteiger charge is -2.14. The van der Waals surface area contributed by atoms with E-state index in [1.807, 2.05) is 0 Å². The number of rotatable bonds is 7. The molecule has 0 fully saturated rings. The van der Waals surface area contributed by atoms with Crippen LogP contribution < -0.4 is 0 Å². The number of esters is 2. The fourth-order valence-electron chi connectivity index (χ4n) is 0.710. The molecule has 0 saturated heterocycles. The molecule has 0 rings (SSSR count). The number of hydrogen-bond donors (Lipinski definition) is 0. The molecule has 0 aliphatic carbocycles. The first kappa shape index (κ1) is 14.4. The van der Waals surface area contributed by atoms with Crippen molar-refractivity contribution in [2.75, 3.05) is 20.3 Å². The summed E-state index contributed by atoms with van der Waals surface area (Å²) in [4.78, 5) is 21.8. The Hall–Kier alpha value is -1.62. The third kappa shape index (κ3) is 5.98. The first-order chi connectivity index (χ1) is 7.51. The third-order valence-corrected chi connectivity index (χ3v) is 1.66. The summed E-state index contributed by atoms with van der Waals surface area (Å²) in [6.07, 6.45) is 0.555. The lowest BCUT2D eigenvalue weighted by atomic mass is 10.3. The second kappa shape index (κ2) is 7.64. The lowest BCUT2D eigenvalue weighted by Crippen LogP contribution is -2.27. The summed E-state index contributed by atoms with van der Waals surface area (Å²) in [7, 11) is 1.43. The van der Waals surface area contributed by atoms with Crippen molar-refractivity contribution < 1.29 is 23.8 Å². The van der Waals surface area contributed by atoms with Crippen LogP contribution in [0.2, 0.25) is 0 Å². The summed E-state index contributed by atoms with van der Waals surface area (Å²) >= 11 is 0. The van der Waals surface area contributed by atoms with E-state index < -0.39 is 18.0 Å². The van der Waals surface area contributed by atoms with Crippen LogP contribution in [-0.2, 0) is 23.8 Å². The van der Waals surface area contributed by atoms with Crippen LogP contribution in [0.5, 0.6) is 0 Å². The quantitative estimate of drug-likeness (QED) is 0.477. The first-order valence-corrected chi connectivity index (χ1v) is 4.65. The molecule has 0 aliphatic rings. The Morgan fingerprint density at radius 3 is 2.31 bits per heavy atom. The van der Waals surface area contributed by atoms with E-state index in [-0.39, 0.29) is 13.2 Å². The van der Waals surface area contributed by atoms with Crippen molar-refractivity contribution in [3.05, 3.63) is 24.8 Å². The molecule has 0 saturated carbocycles. The summed E-state index contributed by atoms with van der Waals surface area (Å²) in [6, 6.07) is 0. The summed E-state index contributed by atoms with van der Waals surface area (Å²) in [5.41, 5.74) is 0.304. The molecule has 0 radical (unpaired) electrons. The average molecular weight is 228 g/mol. The minimum atomic E-state index is -0.548. The lowest BCUT2D eigenvalue weighted by molar-refractivity contribution is -0.148. The van der Waals surface area contributed by atoms with E-state index in [2.05, 4.69) is 13.2 Å². The number of carbonyl (C=O) groups is 2. The van der Waals surface area contributed by atoms with E-state index in [9.17, 15) is 9.59 Å². The monoisotopic (exact) mass is 228 g/mol. The Morgan fingerprint density at radius 1 is 1.31 bits per heavy atom. The molecule has 0 spiro atoms. The highest BCUT2D eigenvalue weighted by atomic mass is 16.6. The van der Waals surface area contributed by atoms with E-state index in [4.69, 9.17) is 14.2 Å². The molecule has 5 nitrogen and oxygen atoms in total. The summed E-state index contributed by atoms with van der Waals surface area (Å²) < 4.78 is 14.5. The van der Waals surface area contributed by atoms with Crippen molar-refractivity contribution >= 4 is 11.9 Å². The van der Waals surface area contributed by atoms with Crippen molar-refractivity contribution in [2.24, 2.45) is 0 Å². The Morgan fingerprint density at radius 2 is 1.88 bits per heavy atom. The second-order valence-electron chi connectivity index (χ2n) is 3.07. The highest BCUT2D eigenvalue weighted by molar-refractivity contribution is 5.86. The van der Waals surface area contributed by atoms with Gasteiger partial charge in [-0.1, -0.05) is 13.2 Å². The zero-order valence-electron chi connectivity index (χ0n) is 9.52. The second-order valence-corrected chi connectivity index (χ2v) is 3.07. The minimum absolute atomic E-state index is 0.00479. The zero-order valence-corrected chi connectivity index (χ0v) is 9.52. The molecular formula is C11H16O5. The molecule has 16 heavy (non-hydrogen) atoms. The number of methoxy groups -OCH3 is 1. The van der Waals surface area contributed by atoms with Gasteiger partial charge in [-0.15, -0.1) is 0 Å². The van der Waals surface area contributed by atoms with Gasteiger partial charge >= 0.3 is 11.9 Å². The molecule has 0 N–H and O–H groups in total. The fourth-order valence-corrected chi connectivity index (χ4v) is 0.710. The molecule has 0 heterocycles. The maximum atomic E-state index is 11.1. The van der Waals surface area contributed by atoms with Gasteiger partial charge in [-0.3, -0.25) is 0 Å². The van der Waals surface area contributed by atoms with Crippen LogP contribution >= 0.6 is 0 Å². The predicted octanol–water partition coefficient (Wildman–Crippen LogP) is 0.850. The van der Waals surface area contributed by atoms with E-state index >= 15 is 0 Å². The minimum Gasteiger partial charge on any atom is -0.460 e. The number of carbonyl (C=O) groups excluding carboxylic acids is 2. The van der Waals surface area contributed by atoms with E-state index in [1.165, 1.54) is 7.11 Å². The van der Waals surface area contributed by atoms with Crippen LogP contribution in [-0.4, -0.2) is 38.4 Å². The largest absolute Gasteiger partial charge is 0.460 e. The van der Waals surface area contributed by atoms with Gasteiger partial charge in [0, 0.05) is 18.8 Å². The molecule has 1 atom stereocenters. The molecule has 0 aromatic rings. The molecule has 0 bridgehead atoms. The Labute approximate surface area is 94.7 Å². The van der Waals surface area contributed by atoms with Gasteiger partial charge in [0.15, 0.2) is 0 Å². The number of hydrogen-bond acceptors (Lipinski definition) is 5. The molecule has 0 amide bonds. The van der Waals surface area contributed by atoms with Crippen LogP contribution in [0.4, 0.5) is 0 Å². The topological polar surface area (TPSA) is 61.8 Å². The van der Waals surface area contributed by atoms with Crippen molar-refractivity contribution in [3.63, 3.8) is 0 Å². The van der Waals surface area contributed by atoms with Gasteiger partial charge in [-0.2, -0.15) is 0 Å². The molecule has 90 valence electrons. The molecule has 0 aliphatic heterocycles. The van der Waals surface area contributed by atoms with E-state index in [1.54, 1.807) is 6.92 Å². The summed E-state index contributed by atoms with van der Waals surface area (Å²) in [5.74, 6) is -1.05. The van der Waals surface area contributed by atoms with E-state index in [0.717, 1.165) is 6.08 Å². The van der Waals surface area contributed by atoms with Crippen LogP contribution in [0.15, 0.2) is 24.8 Å². The molecule has 0 aromatic carbocycles. The summed E-state index contributed by atoms with van der Waals surface area (Å²) in [5, 5.41) is 0. The van der Waals surface area contributed by atoms with Gasteiger partial charge < -0.3 is 14.2 Å². The maximum absolute atomic E-state index is 11.1. The smallest absolute Gasteiger partial charge is 0.333 e. The Balaban J connectivity index is 3.92. The highest BCUT2D eigenvalue weighted by Gasteiger charge is 2.13. The summed E-state index contributed by atoms with van der Waals surface area (Å²) in [6.45, 7) is 8.24. The van der Waals surface area contributed by atoms with Gasteiger partial charge in [-0.25, -0.2) is 9.59 Å². The molecule has 0 aromatic heterocycles. The Kier molecular flexibility index (Phi) is 6.87. The van der Waals surface area contributed by atoms with Gasteiger partial charge in [0.25, 0.3) is 0 Å². The standard InChI is InChI=1S/C11H16O5/c1-5-10(12)15-6-9(14-4)7-16-11(13)8(2)3/h5,9H,1-2,6-7H2,3-4H3. The van der Waals surface area contributed by atoms with Crippen molar-refractivity contribution in [1.82, 2.24) is 0 Å². The molecular weight excluding hydrogens is 212 g/mol. The van der Waals surface area contributed by atoms with Crippen LogP contribution in [0.1, 0.15) is 6.92 Å². The molecule has 5 heteroatoms. The predicted molar refractivity (Wildman–Crippen MR) is 57.7 cm³/mol. The maximum Gasteiger partial charge on any atom is 0.333 e. The van der Waals surface area contributed by atoms with Gasteiger partial charge in [0.05, 0.1) is 0 Å². The van der Waals surface area contributed by atoms with Gasteiger partial charge in [-0.05, 0) is 6.92 Å².